The number of amides is 1. The standard InChI is InChI=1S/C16H14FN5OS/c1-24-16-19-20-21-22(16)14-7-3-6-13(10-14)18-15(23)9-11-4-2-5-12(17)8-11/h2-8,10H,9H2,1H3,(H,18,23). The molecule has 2 aromatic carbocycles. The van der Waals surface area contributed by atoms with Crippen molar-refractivity contribution < 1.29 is 9.18 Å². The average molecular weight is 343 g/mol. The molecule has 0 aliphatic carbocycles. The summed E-state index contributed by atoms with van der Waals surface area (Å²) in [4.78, 5) is 12.1. The highest BCUT2D eigenvalue weighted by molar-refractivity contribution is 7.98. The zero-order chi connectivity index (χ0) is 16.9. The number of halogens is 1. The number of carbonyl (C=O) groups is 1. The maximum Gasteiger partial charge on any atom is 0.228 e. The Hall–Kier alpha value is -2.74. The van der Waals surface area contributed by atoms with E-state index in [-0.39, 0.29) is 18.1 Å². The molecular formula is C16H14FN5OS. The van der Waals surface area contributed by atoms with Crippen LogP contribution in [0.25, 0.3) is 5.69 Å². The van der Waals surface area contributed by atoms with Crippen LogP contribution in [0.2, 0.25) is 0 Å². The molecule has 0 bridgehead atoms. The fraction of sp³-hybridized carbons (Fsp3) is 0.125. The first-order valence-electron chi connectivity index (χ1n) is 7.13. The third-order valence-electron chi connectivity index (χ3n) is 3.25. The van der Waals surface area contributed by atoms with Gasteiger partial charge in [-0.15, -0.1) is 5.10 Å². The Morgan fingerprint density at radius 2 is 2.08 bits per heavy atom. The molecule has 1 aromatic heterocycles. The number of hydrogen-bond acceptors (Lipinski definition) is 5. The summed E-state index contributed by atoms with van der Waals surface area (Å²) in [6, 6.07) is 13.2. The highest BCUT2D eigenvalue weighted by Gasteiger charge is 2.09. The van der Waals surface area contributed by atoms with Crippen LogP contribution in [0.5, 0.6) is 0 Å². The van der Waals surface area contributed by atoms with E-state index >= 15 is 0 Å². The molecule has 0 fully saturated rings. The van der Waals surface area contributed by atoms with Gasteiger partial charge >= 0.3 is 0 Å². The van der Waals surface area contributed by atoms with Crippen LogP contribution in [0.4, 0.5) is 10.1 Å². The molecule has 3 aromatic rings. The first kappa shape index (κ1) is 16.1. The number of anilines is 1. The van der Waals surface area contributed by atoms with Gasteiger partial charge < -0.3 is 5.32 Å². The summed E-state index contributed by atoms with van der Waals surface area (Å²) in [7, 11) is 0. The van der Waals surface area contributed by atoms with Crippen LogP contribution < -0.4 is 5.32 Å². The second-order valence-electron chi connectivity index (χ2n) is 4.98. The van der Waals surface area contributed by atoms with Gasteiger partial charge in [0.25, 0.3) is 0 Å². The average Bonchev–Trinajstić information content (AvgIpc) is 3.03. The van der Waals surface area contributed by atoms with Gasteiger partial charge in [0.05, 0.1) is 12.1 Å². The lowest BCUT2D eigenvalue weighted by molar-refractivity contribution is -0.115. The summed E-state index contributed by atoms with van der Waals surface area (Å²) in [6.45, 7) is 0. The molecule has 1 heterocycles. The number of rotatable bonds is 5. The number of nitrogens with zero attached hydrogens (tertiary/aromatic N) is 4. The predicted molar refractivity (Wildman–Crippen MR) is 89.7 cm³/mol. The number of tetrazole rings is 1. The Bertz CT molecular complexity index is 867. The van der Waals surface area contributed by atoms with Crippen molar-refractivity contribution in [2.75, 3.05) is 11.6 Å². The van der Waals surface area contributed by atoms with Crippen molar-refractivity contribution >= 4 is 23.4 Å². The number of nitrogens with one attached hydrogen (secondary N) is 1. The Kier molecular flexibility index (Phi) is 4.85. The molecule has 0 spiro atoms. The van der Waals surface area contributed by atoms with Crippen molar-refractivity contribution in [3.05, 3.63) is 59.9 Å². The molecule has 0 saturated heterocycles. The quantitative estimate of drug-likeness (QED) is 0.721. The highest BCUT2D eigenvalue weighted by atomic mass is 32.2. The smallest absolute Gasteiger partial charge is 0.228 e. The van der Waals surface area contributed by atoms with Crippen molar-refractivity contribution in [3.8, 4) is 5.69 Å². The lowest BCUT2D eigenvalue weighted by atomic mass is 10.1. The topological polar surface area (TPSA) is 72.7 Å². The molecule has 122 valence electrons. The summed E-state index contributed by atoms with van der Waals surface area (Å²) in [6.07, 6.45) is 1.98. The zero-order valence-corrected chi connectivity index (χ0v) is 13.6. The van der Waals surface area contributed by atoms with E-state index in [1.165, 1.54) is 23.9 Å². The third-order valence-corrected chi connectivity index (χ3v) is 3.87. The van der Waals surface area contributed by atoms with Crippen molar-refractivity contribution in [3.63, 3.8) is 0 Å². The SMILES string of the molecule is CSc1nnnn1-c1cccc(NC(=O)Cc2cccc(F)c2)c1. The van der Waals surface area contributed by atoms with E-state index in [1.807, 2.05) is 12.3 Å². The number of hydrogen-bond donors (Lipinski definition) is 1. The minimum atomic E-state index is -0.356. The minimum Gasteiger partial charge on any atom is -0.326 e. The van der Waals surface area contributed by atoms with Gasteiger partial charge in [-0.05, 0) is 52.6 Å². The highest BCUT2D eigenvalue weighted by Crippen LogP contribution is 2.19. The summed E-state index contributed by atoms with van der Waals surface area (Å²) < 4.78 is 14.8. The first-order valence-corrected chi connectivity index (χ1v) is 8.35. The zero-order valence-electron chi connectivity index (χ0n) is 12.8. The van der Waals surface area contributed by atoms with Crippen molar-refractivity contribution in [1.29, 1.82) is 0 Å². The second-order valence-corrected chi connectivity index (χ2v) is 5.76. The molecule has 3 rings (SSSR count). The van der Waals surface area contributed by atoms with Crippen molar-refractivity contribution in [2.45, 2.75) is 11.6 Å². The normalized spacial score (nSPS) is 10.6. The van der Waals surface area contributed by atoms with Gasteiger partial charge in [-0.1, -0.05) is 30.0 Å². The third kappa shape index (κ3) is 3.77. The molecular weight excluding hydrogens is 329 g/mol. The van der Waals surface area contributed by atoms with E-state index in [0.29, 0.717) is 16.4 Å². The van der Waals surface area contributed by atoms with Crippen molar-refractivity contribution in [1.82, 2.24) is 20.2 Å². The molecule has 6 nitrogen and oxygen atoms in total. The molecule has 1 amide bonds. The van der Waals surface area contributed by atoms with Crippen LogP contribution in [0.15, 0.2) is 53.7 Å². The lowest BCUT2D eigenvalue weighted by Crippen LogP contribution is -2.14. The van der Waals surface area contributed by atoms with E-state index < -0.39 is 0 Å². The molecule has 0 unspecified atom stereocenters. The Morgan fingerprint density at radius 1 is 1.25 bits per heavy atom. The summed E-state index contributed by atoms with van der Waals surface area (Å²) >= 11 is 1.42. The van der Waals surface area contributed by atoms with Gasteiger partial charge in [-0.3, -0.25) is 4.79 Å². The molecule has 1 N–H and O–H groups in total. The summed E-state index contributed by atoms with van der Waals surface area (Å²) in [5, 5.41) is 14.9. The first-order chi connectivity index (χ1) is 11.7. The van der Waals surface area contributed by atoms with Gasteiger partial charge in [0.2, 0.25) is 11.1 Å². The molecule has 0 saturated carbocycles. The van der Waals surface area contributed by atoms with E-state index in [9.17, 15) is 9.18 Å². The van der Waals surface area contributed by atoms with Gasteiger partial charge in [0.1, 0.15) is 5.82 Å². The second kappa shape index (κ2) is 7.22. The van der Waals surface area contributed by atoms with Gasteiger partial charge in [0.15, 0.2) is 0 Å². The van der Waals surface area contributed by atoms with Gasteiger partial charge in [-0.25, -0.2) is 4.39 Å². The fourth-order valence-electron chi connectivity index (χ4n) is 2.22. The number of thioether (sulfide) groups is 1. The van der Waals surface area contributed by atoms with Crippen molar-refractivity contribution in [2.24, 2.45) is 0 Å². The maximum atomic E-state index is 13.2. The largest absolute Gasteiger partial charge is 0.326 e. The molecule has 0 aliphatic heterocycles. The van der Waals surface area contributed by atoms with Crippen LogP contribution in [0.3, 0.4) is 0 Å². The monoisotopic (exact) mass is 343 g/mol. The van der Waals surface area contributed by atoms with Crippen LogP contribution >= 0.6 is 11.8 Å². The number of benzene rings is 2. The maximum absolute atomic E-state index is 13.2. The van der Waals surface area contributed by atoms with E-state index in [4.69, 9.17) is 0 Å². The summed E-state index contributed by atoms with van der Waals surface area (Å²) in [5.74, 6) is -0.579. The van der Waals surface area contributed by atoms with E-state index in [1.54, 1.807) is 35.0 Å². The number of carbonyl (C=O) groups excluding carboxylic acids is 1. The van der Waals surface area contributed by atoms with Gasteiger partial charge in [-0.2, -0.15) is 4.68 Å². The Balaban J connectivity index is 1.74. The predicted octanol–water partition coefficient (Wildman–Crippen LogP) is 2.70. The van der Waals surface area contributed by atoms with Gasteiger partial charge in [0, 0.05) is 5.69 Å². The molecule has 8 heteroatoms. The lowest BCUT2D eigenvalue weighted by Gasteiger charge is -2.08. The van der Waals surface area contributed by atoms with E-state index in [2.05, 4.69) is 20.8 Å². The number of aromatic nitrogens is 4. The van der Waals surface area contributed by atoms with Crippen LogP contribution in [-0.2, 0) is 11.2 Å². The Morgan fingerprint density at radius 3 is 2.88 bits per heavy atom. The minimum absolute atomic E-state index is 0.100. The van der Waals surface area contributed by atoms with E-state index in [0.717, 1.165) is 5.69 Å². The van der Waals surface area contributed by atoms with Crippen LogP contribution in [0.1, 0.15) is 5.56 Å². The molecule has 24 heavy (non-hydrogen) atoms. The summed E-state index contributed by atoms with van der Waals surface area (Å²) in [5.41, 5.74) is 1.98. The molecule has 0 aliphatic rings. The molecule has 0 radical (unpaired) electrons. The van der Waals surface area contributed by atoms with Crippen LogP contribution in [-0.4, -0.2) is 32.4 Å². The Labute approximate surface area is 142 Å². The fourth-order valence-corrected chi connectivity index (χ4v) is 2.65. The molecule has 0 atom stereocenters. The van der Waals surface area contributed by atoms with Crippen LogP contribution in [0, 0.1) is 5.82 Å².